The van der Waals surface area contributed by atoms with Crippen molar-refractivity contribution < 1.29 is 22.7 Å². The highest BCUT2D eigenvalue weighted by Crippen LogP contribution is 2.12. The van der Waals surface area contributed by atoms with Gasteiger partial charge in [-0.1, -0.05) is 17.7 Å². The van der Waals surface area contributed by atoms with Gasteiger partial charge in [0.2, 0.25) is 10.0 Å². The Hall–Kier alpha value is -2.71. The molecule has 2 aromatic carbocycles. The van der Waals surface area contributed by atoms with Crippen molar-refractivity contribution in [2.75, 3.05) is 11.9 Å². The number of carbonyl (C=O) groups is 2. The first-order valence-corrected chi connectivity index (χ1v) is 8.47. The summed E-state index contributed by atoms with van der Waals surface area (Å²) in [4.78, 5) is 23.5. The molecule has 1 amide bonds. The third-order valence-corrected chi connectivity index (χ3v) is 4.02. The van der Waals surface area contributed by atoms with Crippen LogP contribution in [0.25, 0.3) is 0 Å². The average molecular weight is 348 g/mol. The van der Waals surface area contributed by atoms with Crippen LogP contribution < -0.4 is 10.5 Å². The van der Waals surface area contributed by atoms with Crippen molar-refractivity contribution in [3.8, 4) is 0 Å². The van der Waals surface area contributed by atoms with Gasteiger partial charge in [0.15, 0.2) is 6.61 Å². The second-order valence-electron chi connectivity index (χ2n) is 5.06. The monoisotopic (exact) mass is 348 g/mol. The first kappa shape index (κ1) is 17.6. The number of nitrogens with one attached hydrogen (secondary N) is 1. The quantitative estimate of drug-likeness (QED) is 0.793. The van der Waals surface area contributed by atoms with Gasteiger partial charge in [0.05, 0.1) is 10.5 Å². The molecule has 126 valence electrons. The van der Waals surface area contributed by atoms with E-state index in [0.717, 1.165) is 5.56 Å². The Morgan fingerprint density at radius 3 is 2.17 bits per heavy atom. The summed E-state index contributed by atoms with van der Waals surface area (Å²) >= 11 is 0. The maximum absolute atomic E-state index is 11.8. The number of rotatable bonds is 5. The highest BCUT2D eigenvalue weighted by molar-refractivity contribution is 7.89. The summed E-state index contributed by atoms with van der Waals surface area (Å²) < 4.78 is 27.2. The Labute approximate surface area is 139 Å². The smallest absolute Gasteiger partial charge is 0.338 e. The fraction of sp³-hybridized carbons (Fsp3) is 0.125. The van der Waals surface area contributed by atoms with E-state index in [-0.39, 0.29) is 4.90 Å². The van der Waals surface area contributed by atoms with Gasteiger partial charge in [0.1, 0.15) is 0 Å². The molecule has 0 aliphatic carbocycles. The van der Waals surface area contributed by atoms with Gasteiger partial charge in [-0.25, -0.2) is 18.4 Å². The Morgan fingerprint density at radius 2 is 1.62 bits per heavy atom. The van der Waals surface area contributed by atoms with Crippen molar-refractivity contribution in [2.45, 2.75) is 11.8 Å². The van der Waals surface area contributed by atoms with E-state index in [0.29, 0.717) is 11.3 Å². The molecule has 0 saturated carbocycles. The number of carbonyl (C=O) groups excluding carboxylic acids is 2. The fourth-order valence-corrected chi connectivity index (χ4v) is 2.34. The largest absolute Gasteiger partial charge is 0.452 e. The number of nitrogens with two attached hydrogens (primary N) is 1. The zero-order chi connectivity index (χ0) is 17.7. The molecule has 0 aliphatic rings. The third-order valence-electron chi connectivity index (χ3n) is 3.09. The van der Waals surface area contributed by atoms with Crippen LogP contribution in [0.4, 0.5) is 5.69 Å². The number of hydrogen-bond donors (Lipinski definition) is 2. The van der Waals surface area contributed by atoms with E-state index in [1.165, 1.54) is 24.3 Å². The van der Waals surface area contributed by atoms with Gasteiger partial charge in [-0.05, 0) is 43.3 Å². The van der Waals surface area contributed by atoms with Gasteiger partial charge in [-0.2, -0.15) is 0 Å². The summed E-state index contributed by atoms with van der Waals surface area (Å²) in [5.74, 6) is -1.14. The van der Waals surface area contributed by atoms with E-state index < -0.39 is 28.5 Å². The first-order valence-electron chi connectivity index (χ1n) is 6.92. The maximum Gasteiger partial charge on any atom is 0.338 e. The van der Waals surface area contributed by atoms with Gasteiger partial charge < -0.3 is 10.1 Å². The molecule has 3 N–H and O–H groups in total. The number of amides is 1. The molecule has 0 unspecified atom stereocenters. The van der Waals surface area contributed by atoms with Crippen molar-refractivity contribution in [3.05, 3.63) is 59.7 Å². The Kier molecular flexibility index (Phi) is 5.32. The van der Waals surface area contributed by atoms with Crippen molar-refractivity contribution in [1.29, 1.82) is 0 Å². The number of ether oxygens (including phenoxy) is 1. The zero-order valence-corrected chi connectivity index (χ0v) is 13.7. The molecular weight excluding hydrogens is 332 g/mol. The molecule has 0 heterocycles. The van der Waals surface area contributed by atoms with Crippen LogP contribution in [0.3, 0.4) is 0 Å². The normalized spacial score (nSPS) is 10.9. The highest BCUT2D eigenvalue weighted by Gasteiger charge is 2.11. The summed E-state index contributed by atoms with van der Waals surface area (Å²) in [6.45, 7) is 1.44. The molecule has 8 heteroatoms. The second-order valence-corrected chi connectivity index (χ2v) is 6.62. The Bertz CT molecular complexity index is 843. The van der Waals surface area contributed by atoms with Gasteiger partial charge in [-0.15, -0.1) is 0 Å². The van der Waals surface area contributed by atoms with Gasteiger partial charge in [0.25, 0.3) is 5.91 Å². The molecule has 0 bridgehead atoms. The number of aryl methyl sites for hydroxylation is 1. The lowest BCUT2D eigenvalue weighted by Gasteiger charge is -2.07. The van der Waals surface area contributed by atoms with Crippen LogP contribution in [-0.4, -0.2) is 26.9 Å². The molecule has 0 saturated heterocycles. The lowest BCUT2D eigenvalue weighted by molar-refractivity contribution is -0.119. The number of anilines is 1. The Morgan fingerprint density at radius 1 is 1.04 bits per heavy atom. The molecule has 24 heavy (non-hydrogen) atoms. The highest BCUT2D eigenvalue weighted by atomic mass is 32.2. The molecular formula is C16H16N2O5S. The van der Waals surface area contributed by atoms with Crippen molar-refractivity contribution in [2.24, 2.45) is 5.14 Å². The van der Waals surface area contributed by atoms with E-state index in [1.54, 1.807) is 24.3 Å². The van der Waals surface area contributed by atoms with Crippen LogP contribution in [0.2, 0.25) is 0 Å². The number of sulfonamides is 1. The molecule has 2 rings (SSSR count). The van der Waals surface area contributed by atoms with E-state index in [2.05, 4.69) is 5.32 Å². The summed E-state index contributed by atoms with van der Waals surface area (Å²) in [5.41, 5.74) is 1.72. The predicted octanol–water partition coefficient (Wildman–Crippen LogP) is 1.44. The summed E-state index contributed by atoms with van der Waals surface area (Å²) in [6, 6.07) is 12.1. The third kappa shape index (κ3) is 4.90. The van der Waals surface area contributed by atoms with Crippen LogP contribution >= 0.6 is 0 Å². The lowest BCUT2D eigenvalue weighted by atomic mass is 10.1. The molecule has 2 aromatic rings. The molecule has 0 radical (unpaired) electrons. The summed E-state index contributed by atoms with van der Waals surface area (Å²) in [6.07, 6.45) is 0. The van der Waals surface area contributed by atoms with E-state index in [4.69, 9.17) is 9.88 Å². The van der Waals surface area contributed by atoms with E-state index >= 15 is 0 Å². The topological polar surface area (TPSA) is 116 Å². The second kappa shape index (κ2) is 7.24. The molecule has 0 fully saturated rings. The molecule has 7 nitrogen and oxygen atoms in total. The number of primary sulfonamides is 1. The fourth-order valence-electron chi connectivity index (χ4n) is 1.83. The van der Waals surface area contributed by atoms with Gasteiger partial charge >= 0.3 is 5.97 Å². The number of benzene rings is 2. The minimum absolute atomic E-state index is 0.0636. The SMILES string of the molecule is Cc1ccc(C(=O)OCC(=O)Nc2ccc(S(N)(=O)=O)cc2)cc1. The average Bonchev–Trinajstić information content (AvgIpc) is 2.53. The van der Waals surface area contributed by atoms with E-state index in [9.17, 15) is 18.0 Å². The first-order chi connectivity index (χ1) is 11.3. The van der Waals surface area contributed by atoms with Crippen LogP contribution in [0.5, 0.6) is 0 Å². The zero-order valence-electron chi connectivity index (χ0n) is 12.9. The minimum Gasteiger partial charge on any atom is -0.452 e. The summed E-state index contributed by atoms with van der Waals surface area (Å²) in [5, 5.41) is 7.47. The van der Waals surface area contributed by atoms with Crippen molar-refractivity contribution in [3.63, 3.8) is 0 Å². The molecule has 0 aromatic heterocycles. The maximum atomic E-state index is 11.8. The number of hydrogen-bond acceptors (Lipinski definition) is 5. The molecule has 0 atom stereocenters. The van der Waals surface area contributed by atoms with Crippen LogP contribution in [-0.2, 0) is 19.6 Å². The Balaban J connectivity index is 1.89. The standard InChI is InChI=1S/C16H16N2O5S/c1-11-2-4-12(5-3-11)16(20)23-10-15(19)18-13-6-8-14(9-7-13)24(17,21)22/h2-9H,10H2,1H3,(H,18,19)(H2,17,21,22). The van der Waals surface area contributed by atoms with Crippen LogP contribution in [0, 0.1) is 6.92 Å². The molecule has 0 spiro atoms. The predicted molar refractivity (Wildman–Crippen MR) is 87.9 cm³/mol. The van der Waals surface area contributed by atoms with Crippen LogP contribution in [0.1, 0.15) is 15.9 Å². The van der Waals surface area contributed by atoms with Gasteiger partial charge in [0, 0.05) is 5.69 Å². The lowest BCUT2D eigenvalue weighted by Crippen LogP contribution is -2.21. The minimum atomic E-state index is -3.79. The van der Waals surface area contributed by atoms with Gasteiger partial charge in [-0.3, -0.25) is 4.79 Å². The summed E-state index contributed by atoms with van der Waals surface area (Å²) in [7, 11) is -3.79. The van der Waals surface area contributed by atoms with E-state index in [1.807, 2.05) is 6.92 Å². The van der Waals surface area contributed by atoms with Crippen LogP contribution in [0.15, 0.2) is 53.4 Å². The van der Waals surface area contributed by atoms with Crippen molar-refractivity contribution >= 4 is 27.6 Å². The number of esters is 1. The molecule has 0 aliphatic heterocycles. The van der Waals surface area contributed by atoms with Crippen molar-refractivity contribution in [1.82, 2.24) is 0 Å².